The molecule has 2 radical (unpaired) electrons. The molecule has 5 nitrogen and oxygen atoms in total. The number of ether oxygens (including phenoxy) is 3. The summed E-state index contributed by atoms with van der Waals surface area (Å²) in [5.41, 5.74) is 0. The summed E-state index contributed by atoms with van der Waals surface area (Å²) in [6.45, 7) is 4.52. The molecule has 0 aliphatic heterocycles. The minimum atomic E-state index is -0.647. The highest BCUT2D eigenvalue weighted by Gasteiger charge is 2.17. The maximum Gasteiger partial charge on any atom is 0.306 e. The molecule has 0 heterocycles. The molecule has 37 heavy (non-hydrogen) atoms. The first-order chi connectivity index (χ1) is 18.1. The van der Waals surface area contributed by atoms with Gasteiger partial charge >= 0.3 is 11.9 Å². The molecule has 0 saturated heterocycles. The smallest absolute Gasteiger partial charge is 0.306 e. The second-order valence-electron chi connectivity index (χ2n) is 10.7. The second kappa shape index (κ2) is 29.5. The van der Waals surface area contributed by atoms with Gasteiger partial charge in [0.25, 0.3) is 0 Å². The number of hydrogen-bond acceptors (Lipinski definition) is 5. The van der Waals surface area contributed by atoms with E-state index in [1.807, 2.05) is 0 Å². The van der Waals surface area contributed by atoms with Gasteiger partial charge in [-0.1, -0.05) is 142 Å². The highest BCUT2D eigenvalue weighted by molar-refractivity contribution is 5.70. The molecule has 0 bridgehead atoms. The average molecular weight is 525 g/mol. The third-order valence-corrected chi connectivity index (χ3v) is 6.98. The Morgan fingerprint density at radius 1 is 0.514 bits per heavy atom. The average Bonchev–Trinajstić information content (AvgIpc) is 2.89. The van der Waals surface area contributed by atoms with Crippen molar-refractivity contribution in [1.82, 2.24) is 0 Å². The quantitative estimate of drug-likeness (QED) is 0.0720. The number of unbranched alkanes of at least 4 members (excludes halogenated alkanes) is 20. The summed E-state index contributed by atoms with van der Waals surface area (Å²) in [6.07, 6.45) is 27.4. The van der Waals surface area contributed by atoms with Gasteiger partial charge in [0.1, 0.15) is 13.7 Å². The fraction of sp³-hybridized carbons (Fsp3) is 0.906. The van der Waals surface area contributed by atoms with Crippen LogP contribution in [0.15, 0.2) is 0 Å². The van der Waals surface area contributed by atoms with Crippen molar-refractivity contribution in [2.75, 3.05) is 13.2 Å². The number of carbonyl (C=O) groups is 2. The molecule has 0 amide bonds. The molecular formula is C32H60O5. The highest BCUT2D eigenvalue weighted by Crippen LogP contribution is 2.14. The third kappa shape index (κ3) is 27.7. The molecule has 5 heteroatoms. The summed E-state index contributed by atoms with van der Waals surface area (Å²) in [6, 6.07) is 0. The van der Waals surface area contributed by atoms with E-state index in [-0.39, 0.29) is 25.2 Å². The minimum absolute atomic E-state index is 0.00192. The molecule has 0 aromatic rings. The normalized spacial score (nSPS) is 12.0. The van der Waals surface area contributed by atoms with E-state index >= 15 is 0 Å². The van der Waals surface area contributed by atoms with E-state index in [1.165, 1.54) is 109 Å². The molecule has 218 valence electrons. The first kappa shape index (κ1) is 35.9. The van der Waals surface area contributed by atoms with Crippen molar-refractivity contribution in [3.05, 3.63) is 7.11 Å². The molecule has 0 unspecified atom stereocenters. The van der Waals surface area contributed by atoms with E-state index in [1.54, 1.807) is 0 Å². The lowest BCUT2D eigenvalue weighted by molar-refractivity contribution is -0.161. The maximum absolute atomic E-state index is 12.2. The second-order valence-corrected chi connectivity index (χ2v) is 10.7. The van der Waals surface area contributed by atoms with Crippen molar-refractivity contribution >= 4 is 11.9 Å². The van der Waals surface area contributed by atoms with Crippen LogP contribution in [0.2, 0.25) is 0 Å². The first-order valence-corrected chi connectivity index (χ1v) is 15.8. The van der Waals surface area contributed by atoms with Crippen LogP contribution in [0.4, 0.5) is 0 Å². The molecule has 0 spiro atoms. The van der Waals surface area contributed by atoms with Gasteiger partial charge in [0.15, 0.2) is 6.10 Å². The van der Waals surface area contributed by atoms with Crippen molar-refractivity contribution in [2.24, 2.45) is 0 Å². The molecule has 0 aliphatic carbocycles. The van der Waals surface area contributed by atoms with Crippen molar-refractivity contribution in [3.63, 3.8) is 0 Å². The lowest BCUT2D eigenvalue weighted by atomic mass is 10.1. The van der Waals surface area contributed by atoms with Gasteiger partial charge in [-0.2, -0.15) is 0 Å². The number of rotatable bonds is 29. The lowest BCUT2D eigenvalue weighted by Crippen LogP contribution is -2.29. The van der Waals surface area contributed by atoms with Gasteiger partial charge in [0.05, 0.1) is 6.61 Å². The van der Waals surface area contributed by atoms with E-state index in [0.717, 1.165) is 32.1 Å². The molecule has 0 saturated carbocycles. The summed E-state index contributed by atoms with van der Waals surface area (Å²) in [4.78, 5) is 24.2. The van der Waals surface area contributed by atoms with Crippen molar-refractivity contribution in [2.45, 2.75) is 174 Å². The van der Waals surface area contributed by atoms with E-state index in [2.05, 4.69) is 18.6 Å². The summed E-state index contributed by atoms with van der Waals surface area (Å²) in [5.74, 6) is -0.529. The summed E-state index contributed by atoms with van der Waals surface area (Å²) < 4.78 is 15.4. The van der Waals surface area contributed by atoms with Crippen LogP contribution in [0.1, 0.15) is 168 Å². The first-order valence-electron chi connectivity index (χ1n) is 15.8. The third-order valence-electron chi connectivity index (χ3n) is 6.98. The predicted molar refractivity (Wildman–Crippen MR) is 153 cm³/mol. The van der Waals surface area contributed by atoms with Crippen molar-refractivity contribution < 1.29 is 23.8 Å². The minimum Gasteiger partial charge on any atom is -0.462 e. The Bertz CT molecular complexity index is 494. The SMILES string of the molecule is [CH]OC[C@@H](COC(=O)CCCCCCCCCCCCC)OC(=O)CCCCCCCCCCCCC. The van der Waals surface area contributed by atoms with Crippen LogP contribution in [0.5, 0.6) is 0 Å². The molecule has 0 aromatic carbocycles. The number of esters is 2. The van der Waals surface area contributed by atoms with E-state index in [9.17, 15) is 9.59 Å². The zero-order valence-electron chi connectivity index (χ0n) is 24.6. The van der Waals surface area contributed by atoms with Gasteiger partial charge in [-0.25, -0.2) is 0 Å². The number of hydrogen-bond donors (Lipinski definition) is 0. The fourth-order valence-electron chi connectivity index (χ4n) is 4.59. The zero-order chi connectivity index (χ0) is 27.2. The van der Waals surface area contributed by atoms with Crippen LogP contribution in [0, 0.1) is 7.11 Å². The van der Waals surface area contributed by atoms with Gasteiger partial charge in [-0.15, -0.1) is 0 Å². The summed E-state index contributed by atoms with van der Waals surface area (Å²) in [7, 11) is 5.17. The Hall–Kier alpha value is -1.10. The topological polar surface area (TPSA) is 61.8 Å². The molecular weight excluding hydrogens is 464 g/mol. The van der Waals surface area contributed by atoms with E-state index in [4.69, 9.17) is 16.6 Å². The van der Waals surface area contributed by atoms with Crippen LogP contribution >= 0.6 is 0 Å². The Morgan fingerprint density at radius 3 is 1.24 bits per heavy atom. The Kier molecular flexibility index (Phi) is 28.6. The molecule has 0 aliphatic rings. The van der Waals surface area contributed by atoms with Crippen molar-refractivity contribution in [3.8, 4) is 0 Å². The fourth-order valence-corrected chi connectivity index (χ4v) is 4.59. The summed E-state index contributed by atoms with van der Waals surface area (Å²) in [5, 5.41) is 0. The van der Waals surface area contributed by atoms with Gasteiger partial charge in [0, 0.05) is 12.8 Å². The zero-order valence-corrected chi connectivity index (χ0v) is 24.6. The monoisotopic (exact) mass is 524 g/mol. The van der Waals surface area contributed by atoms with E-state index in [0.29, 0.717) is 12.8 Å². The van der Waals surface area contributed by atoms with Gasteiger partial charge in [-0.3, -0.25) is 9.59 Å². The predicted octanol–water partition coefficient (Wildman–Crippen LogP) is 9.53. The Labute approximate surface area is 230 Å². The van der Waals surface area contributed by atoms with Gasteiger partial charge < -0.3 is 14.2 Å². The lowest BCUT2D eigenvalue weighted by Gasteiger charge is -2.17. The molecule has 0 fully saturated rings. The van der Waals surface area contributed by atoms with Crippen LogP contribution < -0.4 is 0 Å². The molecule has 0 rings (SSSR count). The largest absolute Gasteiger partial charge is 0.462 e. The standard InChI is InChI=1S/C32H60O5/c1-4-6-8-10-12-14-16-18-20-22-24-26-31(33)36-29-30(28-35-3)37-32(34)27-25-23-21-19-17-15-13-11-9-7-5-2/h3,30H,4-29H2,1-2H3/t30-/m0/s1. The van der Waals surface area contributed by atoms with Crippen LogP contribution in [0.3, 0.4) is 0 Å². The van der Waals surface area contributed by atoms with Gasteiger partial charge in [0.2, 0.25) is 0 Å². The van der Waals surface area contributed by atoms with Crippen LogP contribution in [0.25, 0.3) is 0 Å². The molecule has 1 atom stereocenters. The van der Waals surface area contributed by atoms with Crippen LogP contribution in [-0.2, 0) is 23.8 Å². The molecule has 0 N–H and O–H groups in total. The Morgan fingerprint density at radius 2 is 0.865 bits per heavy atom. The Balaban J connectivity index is 3.68. The van der Waals surface area contributed by atoms with Crippen LogP contribution in [-0.4, -0.2) is 31.3 Å². The summed E-state index contributed by atoms with van der Waals surface area (Å²) >= 11 is 0. The molecule has 0 aromatic heterocycles. The highest BCUT2D eigenvalue weighted by atomic mass is 16.6. The maximum atomic E-state index is 12.2. The van der Waals surface area contributed by atoms with Crippen molar-refractivity contribution in [1.29, 1.82) is 0 Å². The van der Waals surface area contributed by atoms with Gasteiger partial charge in [-0.05, 0) is 12.8 Å². The van der Waals surface area contributed by atoms with E-state index < -0.39 is 6.10 Å². The number of carbonyl (C=O) groups excluding carboxylic acids is 2.